The van der Waals surface area contributed by atoms with Crippen molar-refractivity contribution in [2.75, 3.05) is 137 Å². The van der Waals surface area contributed by atoms with Gasteiger partial charge in [-0.1, -0.05) is 0 Å². The van der Waals surface area contributed by atoms with Crippen LogP contribution in [0.25, 0.3) is 0 Å². The molecule has 3 rings (SSSR count). The van der Waals surface area contributed by atoms with Crippen molar-refractivity contribution in [1.82, 2.24) is 29.4 Å². The summed E-state index contributed by atoms with van der Waals surface area (Å²) in [6, 6.07) is 0. The quantitative estimate of drug-likeness (QED) is 0.0330. The third-order valence-corrected chi connectivity index (χ3v) is 22.8. The van der Waals surface area contributed by atoms with Gasteiger partial charge in [-0.25, -0.2) is 0 Å². The normalized spacial score (nSPS) is 13.6. The minimum Gasteiger partial charge on any atom is -0.394 e. The van der Waals surface area contributed by atoms with Gasteiger partial charge in [0, 0.05) is 91.8 Å². The minimum absolute atomic E-state index is 0.00104. The van der Waals surface area contributed by atoms with E-state index in [0.29, 0.717) is 0 Å². The Morgan fingerprint density at radius 3 is 0.750 bits per heavy atom. The molecule has 16 N–H and O–H groups in total. The molecule has 0 aliphatic rings. The lowest BCUT2D eigenvalue weighted by atomic mass is 10.0. The van der Waals surface area contributed by atoms with E-state index in [1.807, 2.05) is 0 Å². The van der Waals surface area contributed by atoms with E-state index in [0.717, 1.165) is 29.4 Å². The van der Waals surface area contributed by atoms with Crippen molar-refractivity contribution in [1.29, 1.82) is 0 Å². The molecule has 0 aliphatic carbocycles. The Bertz CT molecular complexity index is 3290. The first-order valence-corrected chi connectivity index (χ1v) is 36.1. The molecule has 92 heavy (non-hydrogen) atoms. The van der Waals surface area contributed by atoms with Crippen LogP contribution in [0.1, 0.15) is 62.1 Å². The number of carbonyl (C=O) groups excluding carboxylic acids is 9. The SMILES string of the molecule is CN(CCN(CC(O)CN(C)C(=O)c1c(I)c(NC(=O)C(O)CO)c(I)c(C(=O)N(C)CC(O)CO)c1I)C(=O)c1c(I)c(NC(=O)C(O)CO)c(I)c(C(=O)N(C)CC(O)CO)c1I)C(=O)c1c(I)c(NC(=O)C(O)CO)c(I)c(C(=O)N(C)CC(O)CO)c1I. The summed E-state index contributed by atoms with van der Waals surface area (Å²) in [7, 11) is 6.41. The van der Waals surface area contributed by atoms with Gasteiger partial charge in [-0.05, 0) is 203 Å². The largest absolute Gasteiger partial charge is 0.394 e. The van der Waals surface area contributed by atoms with Crippen LogP contribution in [0.4, 0.5) is 17.1 Å². The first kappa shape index (κ1) is 85.2. The third kappa shape index (κ3) is 21.2. The molecule has 0 bridgehead atoms. The van der Waals surface area contributed by atoms with Crippen molar-refractivity contribution in [3.8, 4) is 0 Å². The topological polar surface area (TPSA) is 472 Å². The zero-order chi connectivity index (χ0) is 70.4. The number of likely N-dealkylation sites (N-methyl/N-ethyl adjacent to an activating group) is 5. The van der Waals surface area contributed by atoms with E-state index < -0.39 is 168 Å². The Labute approximate surface area is 648 Å². The van der Waals surface area contributed by atoms with Crippen LogP contribution < -0.4 is 16.0 Å². The number of nitrogens with zero attached hydrogens (tertiary/aromatic N) is 6. The highest BCUT2D eigenvalue weighted by Crippen LogP contribution is 2.41. The Hall–Kier alpha value is -1.06. The highest BCUT2D eigenvalue weighted by molar-refractivity contribution is 14.1. The van der Waals surface area contributed by atoms with Crippen molar-refractivity contribution < 1.29 is 110 Å². The number of aliphatic hydroxyl groups excluding tert-OH is 13. The summed E-state index contributed by atoms with van der Waals surface area (Å²) in [5, 5.41) is 139. The lowest BCUT2D eigenvalue weighted by molar-refractivity contribution is -0.126. The molecule has 0 heterocycles. The summed E-state index contributed by atoms with van der Waals surface area (Å²) in [6.07, 6.45) is -11.9. The van der Waals surface area contributed by atoms with Crippen molar-refractivity contribution in [3.05, 3.63) is 65.5 Å². The number of halogens is 9. The molecule has 7 unspecified atom stereocenters. The Balaban J connectivity index is 2.41. The molecule has 3 aromatic carbocycles. The van der Waals surface area contributed by atoms with Crippen LogP contribution in [0.5, 0.6) is 0 Å². The average Bonchev–Trinajstić information content (AvgIpc) is 0.781. The van der Waals surface area contributed by atoms with E-state index in [9.17, 15) is 99.9 Å². The molecule has 0 aliphatic heterocycles. The molecule has 0 saturated carbocycles. The number of rotatable bonds is 31. The van der Waals surface area contributed by atoms with Gasteiger partial charge in [-0.3, -0.25) is 43.2 Å². The molecule has 0 aromatic heterocycles. The van der Waals surface area contributed by atoms with E-state index >= 15 is 9.59 Å². The summed E-state index contributed by atoms with van der Waals surface area (Å²) in [4.78, 5) is 134. The van der Waals surface area contributed by atoms with Gasteiger partial charge >= 0.3 is 0 Å². The van der Waals surface area contributed by atoms with Crippen LogP contribution in [0.3, 0.4) is 0 Å². The summed E-state index contributed by atoms with van der Waals surface area (Å²) in [5.74, 6) is -8.63. The molecule has 0 radical (unpaired) electrons. The van der Waals surface area contributed by atoms with Crippen LogP contribution in [-0.2, 0) is 14.4 Å². The maximum absolute atomic E-state index is 15.7. The number of benzene rings is 3. The fourth-order valence-corrected chi connectivity index (χ4v) is 21.2. The van der Waals surface area contributed by atoms with Crippen molar-refractivity contribution in [3.63, 3.8) is 0 Å². The molecule has 512 valence electrons. The van der Waals surface area contributed by atoms with Crippen molar-refractivity contribution in [2.45, 2.75) is 42.7 Å². The van der Waals surface area contributed by atoms with Gasteiger partial charge in [0.2, 0.25) is 0 Å². The van der Waals surface area contributed by atoms with Crippen LogP contribution in [-0.4, -0.2) is 312 Å². The number of carbonyl (C=O) groups is 9. The van der Waals surface area contributed by atoms with Crippen molar-refractivity contribution >= 4 is 274 Å². The zero-order valence-corrected chi connectivity index (χ0v) is 68.2. The molecule has 3 aromatic rings. The monoisotopic (exact) mass is 2310 g/mol. The molecule has 0 saturated heterocycles. The van der Waals surface area contributed by atoms with Crippen LogP contribution in [0, 0.1) is 32.1 Å². The lowest BCUT2D eigenvalue weighted by Crippen LogP contribution is -2.47. The van der Waals surface area contributed by atoms with E-state index in [4.69, 9.17) is 0 Å². The molecule has 40 heteroatoms. The van der Waals surface area contributed by atoms with Crippen LogP contribution in [0.2, 0.25) is 0 Å². The summed E-state index contributed by atoms with van der Waals surface area (Å²) >= 11 is 15.5. The predicted molar refractivity (Wildman–Crippen MR) is 405 cm³/mol. The molecule has 9 amide bonds. The van der Waals surface area contributed by atoms with Crippen LogP contribution in [0.15, 0.2) is 0 Å². The van der Waals surface area contributed by atoms with Gasteiger partial charge in [0.1, 0.15) is 0 Å². The highest BCUT2D eigenvalue weighted by Gasteiger charge is 2.38. The second-order valence-corrected chi connectivity index (χ2v) is 29.9. The number of aliphatic hydroxyl groups is 13. The summed E-state index contributed by atoms with van der Waals surface area (Å²) < 4.78 is 0.0179. The Morgan fingerprint density at radius 2 is 0.522 bits per heavy atom. The second-order valence-electron chi connectivity index (χ2n) is 20.1. The average molecular weight is 2310 g/mol. The van der Waals surface area contributed by atoms with E-state index in [-0.39, 0.29) is 95.7 Å². The number of anilines is 3. The molecule has 7 atom stereocenters. The number of hydrogen-bond acceptors (Lipinski definition) is 22. The van der Waals surface area contributed by atoms with Gasteiger partial charge in [-0.2, -0.15) is 0 Å². The van der Waals surface area contributed by atoms with Gasteiger partial charge in [0.15, 0.2) is 18.3 Å². The fourth-order valence-electron chi connectivity index (χ4n) is 8.16. The fraction of sp³-hybridized carbons (Fsp3) is 0.481. The van der Waals surface area contributed by atoms with E-state index in [2.05, 4.69) is 16.0 Å². The Kier molecular flexibility index (Phi) is 36.2. The third-order valence-electron chi connectivity index (χ3n) is 13.1. The standard InChI is InChI=1S/C52H64I9N9O22/c1-65(47(87)26-32(53)27(49(89)67(3)9-20(78)13-71)36(57)41(35(26)56)62-44(84)23(81)16-74)6-7-70(52(92)31-34(55)30(51(91)69(5)11-22(80)15-73)39(60)43(40(31)61)64-46(86)25(83)18-76)12-19(77)8-66(2)48(88)28-33(54)29(50(90)68(4)10-21(79)14-72)38(59)42(37(28)58)63-45(85)24(82)17-75/h19-25,71-83H,6-18H2,1-5H3,(H,62,84)(H,63,85)(H,64,86). The molecular formula is C52H64I9N9O22. The van der Waals surface area contributed by atoms with Crippen LogP contribution >= 0.6 is 203 Å². The van der Waals surface area contributed by atoms with Gasteiger partial charge in [0.05, 0.1) is 136 Å². The van der Waals surface area contributed by atoms with Gasteiger partial charge < -0.3 is 112 Å². The number of nitrogens with one attached hydrogen (secondary N) is 3. The number of amides is 9. The van der Waals surface area contributed by atoms with Crippen molar-refractivity contribution in [2.24, 2.45) is 0 Å². The Morgan fingerprint density at radius 1 is 0.304 bits per heavy atom. The predicted octanol–water partition coefficient (Wildman–Crippen LogP) is -1.37. The zero-order valence-electron chi connectivity index (χ0n) is 48.8. The number of hydrogen-bond donors (Lipinski definition) is 16. The summed E-state index contributed by atoms with van der Waals surface area (Å²) in [5.41, 5.74) is -1.89. The minimum atomic E-state index is -2.01. The highest BCUT2D eigenvalue weighted by atomic mass is 127. The molecule has 31 nitrogen and oxygen atoms in total. The van der Waals surface area contributed by atoms with E-state index in [1.54, 1.807) is 203 Å². The lowest BCUT2D eigenvalue weighted by Gasteiger charge is -2.31. The maximum Gasteiger partial charge on any atom is 0.256 e. The first-order chi connectivity index (χ1) is 42.9. The maximum atomic E-state index is 15.7. The smallest absolute Gasteiger partial charge is 0.256 e. The molecule has 0 fully saturated rings. The first-order valence-electron chi connectivity index (χ1n) is 26.4. The molecular weight excluding hydrogens is 2240 g/mol. The van der Waals surface area contributed by atoms with E-state index in [1.165, 1.54) is 35.2 Å². The van der Waals surface area contributed by atoms with Gasteiger partial charge in [-0.15, -0.1) is 0 Å². The summed E-state index contributed by atoms with van der Waals surface area (Å²) in [6.45, 7) is -8.86. The second kappa shape index (κ2) is 39.1. The molecule has 0 spiro atoms. The van der Waals surface area contributed by atoms with Gasteiger partial charge in [0.25, 0.3) is 53.2 Å².